The Balaban J connectivity index is 1.81. The first-order chi connectivity index (χ1) is 16.0. The molecule has 3 rings (SSSR count). The van der Waals surface area contributed by atoms with E-state index >= 15 is 0 Å². The minimum atomic E-state index is -3.98. The lowest BCUT2D eigenvalue weighted by atomic mass is 10.0. The van der Waals surface area contributed by atoms with Gasteiger partial charge in [0, 0.05) is 33.1 Å². The number of amides is 2. The number of sulfonamides is 1. The van der Waals surface area contributed by atoms with Gasteiger partial charge in [-0.3, -0.25) is 9.59 Å². The predicted octanol–water partition coefficient (Wildman–Crippen LogP) is 2.05. The number of benzene rings is 2. The Bertz CT molecular complexity index is 1160. The van der Waals surface area contributed by atoms with Crippen LogP contribution in [0, 0.1) is 0 Å². The van der Waals surface area contributed by atoms with Gasteiger partial charge in [0.1, 0.15) is 6.04 Å². The topological polar surface area (TPSA) is 124 Å². The van der Waals surface area contributed by atoms with Crippen molar-refractivity contribution in [3.05, 3.63) is 65.2 Å². The third kappa shape index (κ3) is 5.63. The number of carboxylic acid groups (broad SMARTS) is 1. The van der Waals surface area contributed by atoms with Gasteiger partial charge in [0.15, 0.2) is 0 Å². The molecule has 1 saturated heterocycles. The first kappa shape index (κ1) is 25.4. The molecule has 0 spiro atoms. The van der Waals surface area contributed by atoms with Crippen molar-refractivity contribution in [2.24, 2.45) is 0 Å². The first-order valence-corrected chi connectivity index (χ1v) is 12.4. The first-order valence-electron chi connectivity index (χ1n) is 11.0. The van der Waals surface area contributed by atoms with Crippen molar-refractivity contribution in [2.75, 3.05) is 19.6 Å². The Morgan fingerprint density at radius 2 is 1.65 bits per heavy atom. The van der Waals surface area contributed by atoms with Crippen LogP contribution in [0.5, 0.6) is 0 Å². The van der Waals surface area contributed by atoms with E-state index in [2.05, 4.69) is 5.32 Å². The lowest BCUT2D eigenvalue weighted by Gasteiger charge is -2.39. The summed E-state index contributed by atoms with van der Waals surface area (Å²) in [6.07, 6.45) is 0. The predicted molar refractivity (Wildman–Crippen MR) is 126 cm³/mol. The Labute approximate surface area is 199 Å². The number of piperazine rings is 1. The standard InChI is InChI=1S/C24H29N3O6S/c1-16(2)19-8-10-21(11-9-19)34(32,33)27-13-12-26(17(3)28)15-22(27)23(29)25-14-18-4-6-20(7-5-18)24(30)31/h4-11,16,22H,12-15H2,1-3H3,(H,25,29)(H,30,31). The molecule has 2 aromatic rings. The van der Waals surface area contributed by atoms with E-state index in [1.807, 2.05) is 13.8 Å². The summed E-state index contributed by atoms with van der Waals surface area (Å²) < 4.78 is 28.0. The highest BCUT2D eigenvalue weighted by Gasteiger charge is 2.40. The van der Waals surface area contributed by atoms with E-state index in [0.29, 0.717) is 5.56 Å². The normalized spacial score (nSPS) is 16.9. The molecular weight excluding hydrogens is 458 g/mol. The van der Waals surface area contributed by atoms with E-state index in [1.165, 1.54) is 24.0 Å². The zero-order valence-corrected chi connectivity index (χ0v) is 20.2. The average molecular weight is 488 g/mol. The Hall–Kier alpha value is -3.24. The molecule has 1 unspecified atom stereocenters. The zero-order chi connectivity index (χ0) is 25.0. The molecule has 1 aliphatic rings. The average Bonchev–Trinajstić information content (AvgIpc) is 2.82. The number of carboxylic acids is 1. The molecule has 0 bridgehead atoms. The summed E-state index contributed by atoms with van der Waals surface area (Å²) in [5, 5.41) is 11.7. The van der Waals surface area contributed by atoms with Crippen molar-refractivity contribution in [1.82, 2.24) is 14.5 Å². The molecule has 0 aromatic heterocycles. The van der Waals surface area contributed by atoms with Gasteiger partial charge in [0.05, 0.1) is 10.5 Å². The van der Waals surface area contributed by atoms with E-state index in [4.69, 9.17) is 5.11 Å². The van der Waals surface area contributed by atoms with Crippen LogP contribution < -0.4 is 5.32 Å². The monoisotopic (exact) mass is 487 g/mol. The quantitative estimate of drug-likeness (QED) is 0.616. The number of rotatable bonds is 7. The van der Waals surface area contributed by atoms with Crippen molar-refractivity contribution in [3.8, 4) is 0 Å². The minimum absolute atomic E-state index is 0.000753. The van der Waals surface area contributed by atoms with E-state index < -0.39 is 27.9 Å². The summed E-state index contributed by atoms with van der Waals surface area (Å²) in [6.45, 7) is 5.64. The maximum absolute atomic E-state index is 13.4. The molecule has 34 heavy (non-hydrogen) atoms. The molecule has 2 aromatic carbocycles. The van der Waals surface area contributed by atoms with Crippen molar-refractivity contribution in [3.63, 3.8) is 0 Å². The molecule has 1 heterocycles. The van der Waals surface area contributed by atoms with E-state index in [9.17, 15) is 22.8 Å². The molecule has 10 heteroatoms. The molecular formula is C24H29N3O6S. The molecule has 1 fully saturated rings. The van der Waals surface area contributed by atoms with Crippen LogP contribution in [0.2, 0.25) is 0 Å². The second-order valence-electron chi connectivity index (χ2n) is 8.54. The molecule has 182 valence electrons. The summed E-state index contributed by atoms with van der Waals surface area (Å²) in [4.78, 5) is 37.6. The molecule has 9 nitrogen and oxygen atoms in total. The van der Waals surface area contributed by atoms with E-state index in [1.54, 1.807) is 36.4 Å². The zero-order valence-electron chi connectivity index (χ0n) is 19.4. The number of nitrogens with one attached hydrogen (secondary N) is 1. The van der Waals surface area contributed by atoms with Crippen LogP contribution >= 0.6 is 0 Å². The van der Waals surface area contributed by atoms with Gasteiger partial charge in [-0.25, -0.2) is 13.2 Å². The van der Waals surface area contributed by atoms with Crippen LogP contribution in [-0.4, -0.2) is 66.2 Å². The van der Waals surface area contributed by atoms with Gasteiger partial charge in [-0.15, -0.1) is 0 Å². The number of carbonyl (C=O) groups is 3. The van der Waals surface area contributed by atoms with Gasteiger partial charge < -0.3 is 15.3 Å². The minimum Gasteiger partial charge on any atom is -0.478 e. The number of hydrogen-bond acceptors (Lipinski definition) is 5. The highest BCUT2D eigenvalue weighted by molar-refractivity contribution is 7.89. The van der Waals surface area contributed by atoms with Gasteiger partial charge in [-0.05, 0) is 41.3 Å². The number of carbonyl (C=O) groups excluding carboxylic acids is 2. The van der Waals surface area contributed by atoms with Crippen LogP contribution in [0.1, 0.15) is 48.2 Å². The fourth-order valence-electron chi connectivity index (χ4n) is 3.79. The molecule has 2 N–H and O–H groups in total. The SMILES string of the molecule is CC(=O)N1CCN(S(=O)(=O)c2ccc(C(C)C)cc2)C(C(=O)NCc2ccc(C(=O)O)cc2)C1. The summed E-state index contributed by atoms with van der Waals surface area (Å²) in [5.41, 5.74) is 1.79. The Morgan fingerprint density at radius 1 is 1.03 bits per heavy atom. The summed E-state index contributed by atoms with van der Waals surface area (Å²) in [5.74, 6) is -1.57. The molecule has 0 radical (unpaired) electrons. The maximum atomic E-state index is 13.4. The van der Waals surface area contributed by atoms with Crippen molar-refractivity contribution < 1.29 is 27.9 Å². The number of hydrogen-bond donors (Lipinski definition) is 2. The fraction of sp³-hybridized carbons (Fsp3) is 0.375. The number of nitrogens with zero attached hydrogens (tertiary/aromatic N) is 2. The third-order valence-corrected chi connectivity index (χ3v) is 7.82. The lowest BCUT2D eigenvalue weighted by Crippen LogP contribution is -2.61. The van der Waals surface area contributed by atoms with Gasteiger partial charge in [0.25, 0.3) is 0 Å². The van der Waals surface area contributed by atoms with Crippen LogP contribution in [0.15, 0.2) is 53.4 Å². The summed E-state index contributed by atoms with van der Waals surface area (Å²) in [7, 11) is -3.98. The van der Waals surface area contributed by atoms with Crippen LogP contribution in [0.25, 0.3) is 0 Å². The van der Waals surface area contributed by atoms with Crippen molar-refractivity contribution in [2.45, 2.75) is 44.2 Å². The summed E-state index contributed by atoms with van der Waals surface area (Å²) in [6, 6.07) is 11.5. The van der Waals surface area contributed by atoms with Gasteiger partial charge in [-0.2, -0.15) is 4.31 Å². The van der Waals surface area contributed by atoms with Crippen LogP contribution in [0.4, 0.5) is 0 Å². The molecule has 1 aliphatic heterocycles. The molecule has 0 saturated carbocycles. The molecule has 2 amide bonds. The van der Waals surface area contributed by atoms with E-state index in [0.717, 1.165) is 9.87 Å². The summed E-state index contributed by atoms with van der Waals surface area (Å²) >= 11 is 0. The van der Waals surface area contributed by atoms with Crippen LogP contribution in [0.3, 0.4) is 0 Å². The fourth-order valence-corrected chi connectivity index (χ4v) is 5.36. The second kappa shape index (κ2) is 10.4. The third-order valence-electron chi connectivity index (χ3n) is 5.90. The molecule has 1 atom stereocenters. The Morgan fingerprint density at radius 3 is 2.18 bits per heavy atom. The number of aromatic carboxylic acids is 1. The highest BCUT2D eigenvalue weighted by atomic mass is 32.2. The van der Waals surface area contributed by atoms with Crippen molar-refractivity contribution in [1.29, 1.82) is 0 Å². The molecule has 0 aliphatic carbocycles. The van der Waals surface area contributed by atoms with Gasteiger partial charge in [-0.1, -0.05) is 38.1 Å². The smallest absolute Gasteiger partial charge is 0.335 e. The Kier molecular flexibility index (Phi) is 7.73. The second-order valence-corrected chi connectivity index (χ2v) is 10.4. The van der Waals surface area contributed by atoms with Gasteiger partial charge >= 0.3 is 5.97 Å². The van der Waals surface area contributed by atoms with Gasteiger partial charge in [0.2, 0.25) is 21.8 Å². The van der Waals surface area contributed by atoms with Crippen molar-refractivity contribution >= 4 is 27.8 Å². The van der Waals surface area contributed by atoms with Crippen LogP contribution in [-0.2, 0) is 26.2 Å². The largest absolute Gasteiger partial charge is 0.478 e. The van der Waals surface area contributed by atoms with E-state index in [-0.39, 0.29) is 48.5 Å². The maximum Gasteiger partial charge on any atom is 0.335 e. The lowest BCUT2D eigenvalue weighted by molar-refractivity contribution is -0.134. The highest BCUT2D eigenvalue weighted by Crippen LogP contribution is 2.24.